The minimum absolute atomic E-state index is 0.0439. The molecule has 3 atom stereocenters. The standard InChI is InChI=1S/C24H32IN5O6/c1-23(2,3)35-21(31)18(27-22(32)36-24(4,5)6)13-15-9-10-19(16(25)12-15)33-14-34-30-20-17(28-29-30)8-7-11-26-20/h7-12,16,18-19H,13-14H2,1-6H3,(H,27,32)/t16?,18-,19?/m1/s1. The van der Waals surface area contributed by atoms with Crippen molar-refractivity contribution in [2.24, 2.45) is 0 Å². The normalized spacial score (nSPS) is 18.9. The van der Waals surface area contributed by atoms with Gasteiger partial charge in [0.25, 0.3) is 0 Å². The molecule has 2 aromatic heterocycles. The highest BCUT2D eigenvalue weighted by atomic mass is 127. The lowest BCUT2D eigenvalue weighted by Crippen LogP contribution is -2.46. The number of alkyl carbamates (subject to hydrolysis) is 1. The number of alkyl halides is 1. The van der Waals surface area contributed by atoms with Crippen LogP contribution in [0.5, 0.6) is 0 Å². The van der Waals surface area contributed by atoms with Crippen molar-refractivity contribution in [3.05, 3.63) is 42.1 Å². The second kappa shape index (κ2) is 11.5. The van der Waals surface area contributed by atoms with E-state index in [0.717, 1.165) is 5.57 Å². The molecule has 0 aliphatic heterocycles. The number of amides is 1. The molecule has 1 N–H and O–H groups in total. The molecule has 12 heteroatoms. The fraction of sp³-hybridized carbons (Fsp3) is 0.542. The van der Waals surface area contributed by atoms with Crippen LogP contribution in [-0.2, 0) is 19.0 Å². The van der Waals surface area contributed by atoms with Gasteiger partial charge in [-0.25, -0.2) is 14.6 Å². The van der Waals surface area contributed by atoms with Gasteiger partial charge in [-0.05, 0) is 64.5 Å². The zero-order chi connectivity index (χ0) is 26.5. The highest BCUT2D eigenvalue weighted by molar-refractivity contribution is 14.1. The summed E-state index contributed by atoms with van der Waals surface area (Å²) in [5, 5.41) is 10.5. The quantitative estimate of drug-likeness (QED) is 0.206. The predicted octanol–water partition coefficient (Wildman–Crippen LogP) is 3.52. The van der Waals surface area contributed by atoms with Gasteiger partial charge in [-0.3, -0.25) is 0 Å². The summed E-state index contributed by atoms with van der Waals surface area (Å²) in [6.45, 7) is 10.5. The number of rotatable bonds is 8. The van der Waals surface area contributed by atoms with E-state index in [4.69, 9.17) is 19.0 Å². The van der Waals surface area contributed by atoms with Gasteiger partial charge in [-0.1, -0.05) is 45.7 Å². The summed E-state index contributed by atoms with van der Waals surface area (Å²) in [5.74, 6) is -0.534. The average Bonchev–Trinajstić information content (AvgIpc) is 3.15. The number of fused-ring (bicyclic) bond motifs is 1. The van der Waals surface area contributed by atoms with Crippen LogP contribution in [0, 0.1) is 0 Å². The first-order valence-electron chi connectivity index (χ1n) is 11.5. The molecule has 0 spiro atoms. The number of carbonyl (C=O) groups is 2. The first-order chi connectivity index (χ1) is 16.8. The first kappa shape index (κ1) is 27.8. The molecule has 0 saturated heterocycles. The molecular formula is C24H32IN5O6. The van der Waals surface area contributed by atoms with Gasteiger partial charge in [0.15, 0.2) is 0 Å². The summed E-state index contributed by atoms with van der Waals surface area (Å²) in [6.07, 6.45) is 6.64. The molecule has 11 nitrogen and oxygen atoms in total. The van der Waals surface area contributed by atoms with E-state index in [0.29, 0.717) is 11.2 Å². The third kappa shape index (κ3) is 8.43. The molecule has 1 aliphatic rings. The fourth-order valence-corrected chi connectivity index (χ4v) is 4.11. The predicted molar refractivity (Wildman–Crippen MR) is 140 cm³/mol. The molecule has 0 saturated carbocycles. The van der Waals surface area contributed by atoms with Gasteiger partial charge in [0.1, 0.15) is 22.8 Å². The molecule has 0 radical (unpaired) electrons. The molecule has 196 valence electrons. The number of aromatic nitrogens is 4. The van der Waals surface area contributed by atoms with Crippen LogP contribution >= 0.6 is 22.6 Å². The number of esters is 1. The van der Waals surface area contributed by atoms with E-state index in [9.17, 15) is 9.59 Å². The fourth-order valence-electron chi connectivity index (χ4n) is 3.21. The Kier molecular flexibility index (Phi) is 8.93. The van der Waals surface area contributed by atoms with E-state index < -0.39 is 29.3 Å². The van der Waals surface area contributed by atoms with Crippen LogP contribution in [-0.4, -0.2) is 66.3 Å². The smallest absolute Gasteiger partial charge is 0.408 e. The molecule has 2 heterocycles. The van der Waals surface area contributed by atoms with Crippen molar-refractivity contribution in [3.63, 3.8) is 0 Å². The summed E-state index contributed by atoms with van der Waals surface area (Å²) in [7, 11) is 0. The maximum atomic E-state index is 12.8. The Morgan fingerprint density at radius 3 is 2.56 bits per heavy atom. The van der Waals surface area contributed by atoms with Crippen LogP contribution in [0.4, 0.5) is 4.79 Å². The summed E-state index contributed by atoms with van der Waals surface area (Å²) in [4.78, 5) is 36.1. The van der Waals surface area contributed by atoms with E-state index in [-0.39, 0.29) is 23.2 Å². The third-order valence-corrected chi connectivity index (χ3v) is 5.69. The average molecular weight is 613 g/mol. The zero-order valence-corrected chi connectivity index (χ0v) is 23.4. The van der Waals surface area contributed by atoms with Crippen LogP contribution in [0.1, 0.15) is 48.0 Å². The number of ether oxygens (including phenoxy) is 3. The van der Waals surface area contributed by atoms with E-state index in [1.165, 1.54) is 4.85 Å². The summed E-state index contributed by atoms with van der Waals surface area (Å²) < 4.78 is 16.6. The highest BCUT2D eigenvalue weighted by Crippen LogP contribution is 2.24. The van der Waals surface area contributed by atoms with Crippen molar-refractivity contribution < 1.29 is 28.6 Å². The van der Waals surface area contributed by atoms with E-state index in [2.05, 4.69) is 43.2 Å². The number of hydrogen-bond donors (Lipinski definition) is 1. The van der Waals surface area contributed by atoms with Gasteiger partial charge in [0.2, 0.25) is 12.4 Å². The van der Waals surface area contributed by atoms with Crippen LogP contribution in [0.15, 0.2) is 42.1 Å². The summed E-state index contributed by atoms with van der Waals surface area (Å²) in [5.41, 5.74) is 0.583. The highest BCUT2D eigenvalue weighted by Gasteiger charge is 2.30. The third-order valence-electron chi connectivity index (χ3n) is 4.63. The minimum Gasteiger partial charge on any atom is -0.458 e. The lowest BCUT2D eigenvalue weighted by molar-refractivity contribution is -0.157. The van der Waals surface area contributed by atoms with Crippen LogP contribution in [0.3, 0.4) is 0 Å². The molecule has 1 amide bonds. The van der Waals surface area contributed by atoms with Gasteiger partial charge >= 0.3 is 12.1 Å². The molecule has 0 aromatic carbocycles. The van der Waals surface area contributed by atoms with Crippen molar-refractivity contribution in [2.75, 3.05) is 6.79 Å². The number of allylic oxidation sites excluding steroid dienone is 1. The Labute approximate surface area is 223 Å². The Bertz CT molecular complexity index is 1130. The number of carbonyl (C=O) groups excluding carboxylic acids is 2. The molecule has 36 heavy (non-hydrogen) atoms. The SMILES string of the molecule is CC(C)(C)OC(=O)N[C@H](CC1=CC(I)C(OCOn2nnc3cccnc32)C=C1)C(=O)OC(C)(C)C. The second-order valence-electron chi connectivity index (χ2n) is 10.2. The van der Waals surface area contributed by atoms with Gasteiger partial charge < -0.3 is 24.4 Å². The van der Waals surface area contributed by atoms with Crippen molar-refractivity contribution in [1.29, 1.82) is 0 Å². The van der Waals surface area contributed by atoms with Gasteiger partial charge in [0, 0.05) is 12.6 Å². The van der Waals surface area contributed by atoms with Gasteiger partial charge in [-0.2, -0.15) is 0 Å². The summed E-state index contributed by atoms with van der Waals surface area (Å²) in [6, 6.07) is 2.65. The zero-order valence-electron chi connectivity index (χ0n) is 21.2. The number of hydrogen-bond acceptors (Lipinski definition) is 9. The van der Waals surface area contributed by atoms with Crippen molar-refractivity contribution in [3.8, 4) is 0 Å². The van der Waals surface area contributed by atoms with Crippen molar-refractivity contribution in [1.82, 2.24) is 25.5 Å². The van der Waals surface area contributed by atoms with Gasteiger partial charge in [-0.15, -0.1) is 5.10 Å². The molecule has 2 aromatic rings. The maximum Gasteiger partial charge on any atom is 0.408 e. The lowest BCUT2D eigenvalue weighted by atomic mass is 9.98. The Morgan fingerprint density at radius 1 is 1.17 bits per heavy atom. The molecule has 0 fully saturated rings. The largest absolute Gasteiger partial charge is 0.458 e. The topological polar surface area (TPSA) is 127 Å². The first-order valence-corrected chi connectivity index (χ1v) is 12.7. The summed E-state index contributed by atoms with van der Waals surface area (Å²) >= 11 is 2.25. The number of nitrogens with zero attached hydrogens (tertiary/aromatic N) is 4. The van der Waals surface area contributed by atoms with E-state index >= 15 is 0 Å². The van der Waals surface area contributed by atoms with Gasteiger partial charge in [0.05, 0.1) is 10.0 Å². The molecule has 3 rings (SSSR count). The molecule has 0 bridgehead atoms. The lowest BCUT2D eigenvalue weighted by Gasteiger charge is -2.27. The van der Waals surface area contributed by atoms with Crippen LogP contribution < -0.4 is 10.2 Å². The van der Waals surface area contributed by atoms with Crippen LogP contribution in [0.2, 0.25) is 0 Å². The van der Waals surface area contributed by atoms with E-state index in [1.54, 1.807) is 59.9 Å². The van der Waals surface area contributed by atoms with Crippen molar-refractivity contribution >= 4 is 45.8 Å². The monoisotopic (exact) mass is 613 g/mol. The van der Waals surface area contributed by atoms with Crippen LogP contribution in [0.25, 0.3) is 11.2 Å². The molecule has 1 aliphatic carbocycles. The Balaban J connectivity index is 1.59. The maximum absolute atomic E-state index is 12.8. The van der Waals surface area contributed by atoms with E-state index in [1.807, 2.05) is 18.2 Å². The minimum atomic E-state index is -0.910. The number of nitrogens with one attached hydrogen (secondary N) is 1. The number of halogens is 1. The molecular weight excluding hydrogens is 581 g/mol. The number of pyridine rings is 1. The Morgan fingerprint density at radius 2 is 1.89 bits per heavy atom. The Hall–Kier alpha value is -2.74. The molecule has 2 unspecified atom stereocenters. The second-order valence-corrected chi connectivity index (χ2v) is 11.6. The van der Waals surface area contributed by atoms with Crippen molar-refractivity contribution in [2.45, 2.75) is 75.2 Å².